The lowest BCUT2D eigenvalue weighted by atomic mass is 9.64. The number of imide groups is 2. The first kappa shape index (κ1) is 22.8. The number of primary amides is 1. The maximum atomic E-state index is 14.1. The average molecular weight is 498 g/mol. The highest BCUT2D eigenvalue weighted by molar-refractivity contribution is 6.32. The predicted molar refractivity (Wildman–Crippen MR) is 125 cm³/mol. The number of hydrogen-bond donors (Lipinski definition) is 2. The molecule has 0 saturated carbocycles. The molecule has 3 N–H and O–H groups in total. The Morgan fingerprint density at radius 3 is 2.54 bits per heavy atom. The number of carbonyl (C=O) groups is 4. The molecule has 2 fully saturated rings. The minimum atomic E-state index is -1.82. The number of nitrogens with two attached hydrogens (primary N) is 1. The summed E-state index contributed by atoms with van der Waals surface area (Å²) in [6.45, 7) is 0.306. The quantitative estimate of drug-likeness (QED) is 0.373. The summed E-state index contributed by atoms with van der Waals surface area (Å²) >= 11 is 5.96. The van der Waals surface area contributed by atoms with Gasteiger partial charge < -0.3 is 10.6 Å². The van der Waals surface area contributed by atoms with Crippen LogP contribution in [0.15, 0.2) is 42.5 Å². The topological polar surface area (TPSA) is 156 Å². The molecule has 0 bridgehead atoms. The fourth-order valence-corrected chi connectivity index (χ4v) is 5.56. The molecule has 0 aromatic heterocycles. The lowest BCUT2D eigenvalue weighted by molar-refractivity contribution is -0.384. The Kier molecular flexibility index (Phi) is 5.24. The third-order valence-corrected chi connectivity index (χ3v) is 7.38. The van der Waals surface area contributed by atoms with Gasteiger partial charge in [0.05, 0.1) is 16.7 Å². The zero-order valence-corrected chi connectivity index (χ0v) is 19.0. The molecule has 0 unspecified atom stereocenters. The number of nitrogens with one attached hydrogen (secondary N) is 1. The van der Waals surface area contributed by atoms with E-state index in [1.165, 1.54) is 36.4 Å². The third-order valence-electron chi connectivity index (χ3n) is 7.12. The van der Waals surface area contributed by atoms with Crippen LogP contribution in [0, 0.1) is 21.4 Å². The largest absolute Gasteiger partial charge is 0.369 e. The van der Waals surface area contributed by atoms with Gasteiger partial charge in [0.25, 0.3) is 11.6 Å². The molecule has 3 aliphatic rings. The van der Waals surface area contributed by atoms with Crippen molar-refractivity contribution in [1.82, 2.24) is 5.32 Å². The first-order valence-electron chi connectivity index (χ1n) is 10.9. The first-order valence-corrected chi connectivity index (χ1v) is 11.3. The number of hydrogen-bond acceptors (Lipinski definition) is 7. The molecule has 35 heavy (non-hydrogen) atoms. The number of rotatable bonds is 3. The minimum Gasteiger partial charge on any atom is -0.369 e. The average Bonchev–Trinajstić information content (AvgIpc) is 2.83. The summed E-state index contributed by atoms with van der Waals surface area (Å²) in [4.78, 5) is 66.1. The second kappa shape index (κ2) is 8.05. The maximum Gasteiger partial charge on any atom is 0.335 e. The van der Waals surface area contributed by atoms with Gasteiger partial charge in [0, 0.05) is 41.7 Å². The van der Waals surface area contributed by atoms with Gasteiger partial charge in [-0.05, 0) is 48.7 Å². The number of fused-ring (bicyclic) bond motifs is 4. The van der Waals surface area contributed by atoms with Crippen molar-refractivity contribution in [2.24, 2.45) is 17.1 Å². The number of urea groups is 1. The Hall–Kier alpha value is -3.99. The highest BCUT2D eigenvalue weighted by Gasteiger charge is 2.63. The Bertz CT molecular complexity index is 1300. The van der Waals surface area contributed by atoms with Crippen molar-refractivity contribution < 1.29 is 24.1 Å². The third kappa shape index (κ3) is 3.42. The molecule has 5 amide bonds. The van der Waals surface area contributed by atoms with Crippen LogP contribution in [0.4, 0.5) is 21.9 Å². The summed E-state index contributed by atoms with van der Waals surface area (Å²) in [5, 5.41) is 14.1. The highest BCUT2D eigenvalue weighted by Crippen LogP contribution is 2.49. The molecule has 0 radical (unpaired) electrons. The van der Waals surface area contributed by atoms with E-state index in [9.17, 15) is 29.3 Å². The zero-order chi connectivity index (χ0) is 25.1. The molecular formula is C23H20ClN5O6. The number of nitrogens with zero attached hydrogens (tertiary/aromatic N) is 3. The monoisotopic (exact) mass is 497 g/mol. The number of amides is 5. The zero-order valence-electron chi connectivity index (χ0n) is 18.3. The van der Waals surface area contributed by atoms with E-state index in [0.29, 0.717) is 29.2 Å². The number of nitro groups is 1. The van der Waals surface area contributed by atoms with E-state index >= 15 is 0 Å². The normalized spacial score (nSPS) is 25.7. The highest BCUT2D eigenvalue weighted by atomic mass is 35.5. The van der Waals surface area contributed by atoms with E-state index in [0.717, 1.165) is 4.90 Å². The Morgan fingerprint density at radius 2 is 1.89 bits per heavy atom. The Labute approximate surface area is 203 Å². The van der Waals surface area contributed by atoms with Gasteiger partial charge in [-0.2, -0.15) is 0 Å². The molecule has 2 aromatic carbocycles. The molecular weight excluding hydrogens is 478 g/mol. The van der Waals surface area contributed by atoms with E-state index in [2.05, 4.69) is 5.32 Å². The predicted octanol–water partition coefficient (Wildman–Crippen LogP) is 2.14. The van der Waals surface area contributed by atoms with Crippen molar-refractivity contribution in [2.45, 2.75) is 25.3 Å². The summed E-state index contributed by atoms with van der Waals surface area (Å²) in [6.07, 6.45) is 0.334. The van der Waals surface area contributed by atoms with Crippen molar-refractivity contribution in [3.8, 4) is 0 Å². The smallest absolute Gasteiger partial charge is 0.335 e. The molecule has 3 heterocycles. The lowest BCUT2D eigenvalue weighted by Crippen LogP contribution is -2.73. The van der Waals surface area contributed by atoms with Crippen LogP contribution in [0.3, 0.4) is 0 Å². The molecule has 1 spiro atoms. The van der Waals surface area contributed by atoms with Crippen molar-refractivity contribution in [2.75, 3.05) is 16.3 Å². The van der Waals surface area contributed by atoms with Gasteiger partial charge >= 0.3 is 6.03 Å². The van der Waals surface area contributed by atoms with E-state index in [4.69, 9.17) is 17.3 Å². The molecule has 3 aliphatic heterocycles. The number of piperidine rings is 1. The summed E-state index contributed by atoms with van der Waals surface area (Å²) < 4.78 is 0. The SMILES string of the molecule is NC(=O)[C@@H]1CCN2c3ccc([N+](=O)[O-])cc3C[C@@]3(C(=O)NC(=O)N(c4ccc(Cl)cc4)C3=O)[C@H]2C1. The molecule has 2 saturated heterocycles. The number of anilines is 2. The molecule has 12 heteroatoms. The minimum absolute atomic E-state index is 0.119. The molecule has 3 atom stereocenters. The fourth-order valence-electron chi connectivity index (χ4n) is 5.43. The lowest BCUT2D eigenvalue weighted by Gasteiger charge is -2.54. The summed E-state index contributed by atoms with van der Waals surface area (Å²) in [7, 11) is 0. The second-order valence-electron chi connectivity index (χ2n) is 8.93. The van der Waals surface area contributed by atoms with Crippen LogP contribution in [0.5, 0.6) is 0 Å². The summed E-state index contributed by atoms with van der Waals surface area (Å²) in [6, 6.07) is 8.57. The Balaban J connectivity index is 1.68. The second-order valence-corrected chi connectivity index (χ2v) is 9.36. The number of halogens is 1. The summed E-state index contributed by atoms with van der Waals surface area (Å²) in [5.41, 5.74) is 4.87. The van der Waals surface area contributed by atoms with Crippen LogP contribution in [-0.2, 0) is 20.8 Å². The maximum absolute atomic E-state index is 14.1. The van der Waals surface area contributed by atoms with Crippen LogP contribution in [0.2, 0.25) is 5.02 Å². The number of nitro benzene ring substituents is 1. The van der Waals surface area contributed by atoms with Crippen molar-refractivity contribution in [1.29, 1.82) is 0 Å². The van der Waals surface area contributed by atoms with Gasteiger partial charge in [-0.1, -0.05) is 11.6 Å². The molecule has 5 rings (SSSR count). The van der Waals surface area contributed by atoms with Gasteiger partial charge in [-0.15, -0.1) is 0 Å². The van der Waals surface area contributed by atoms with Gasteiger partial charge in [0.15, 0.2) is 5.41 Å². The van der Waals surface area contributed by atoms with Crippen molar-refractivity contribution in [3.05, 3.63) is 63.2 Å². The number of non-ortho nitro benzene ring substituents is 1. The number of barbiturate groups is 1. The van der Waals surface area contributed by atoms with E-state index < -0.39 is 46.1 Å². The van der Waals surface area contributed by atoms with Gasteiger partial charge in [0.2, 0.25) is 11.8 Å². The standard InChI is InChI=1S/C23H20ClN5O6/c24-14-1-3-15(4-2-14)28-21(32)23(20(31)26-22(28)33)11-13-9-16(29(34)35)5-6-17(13)27-8-7-12(19(25)30)10-18(23)27/h1-6,9,12,18H,7-8,10-11H2,(H2,25,30)(H,26,31,33)/t12-,18-,23+/m1/s1. The van der Waals surface area contributed by atoms with Crippen LogP contribution >= 0.6 is 11.6 Å². The molecule has 180 valence electrons. The van der Waals surface area contributed by atoms with E-state index in [-0.39, 0.29) is 24.2 Å². The molecule has 11 nitrogen and oxygen atoms in total. The number of carbonyl (C=O) groups excluding carboxylic acids is 4. The van der Waals surface area contributed by atoms with Crippen LogP contribution in [0.1, 0.15) is 18.4 Å². The molecule has 0 aliphatic carbocycles. The van der Waals surface area contributed by atoms with Crippen molar-refractivity contribution >= 4 is 52.4 Å². The van der Waals surface area contributed by atoms with Crippen LogP contribution in [-0.4, -0.2) is 41.3 Å². The van der Waals surface area contributed by atoms with Crippen molar-refractivity contribution in [3.63, 3.8) is 0 Å². The number of benzene rings is 2. The van der Waals surface area contributed by atoms with Gasteiger partial charge in [0.1, 0.15) is 0 Å². The van der Waals surface area contributed by atoms with E-state index in [1.807, 2.05) is 4.90 Å². The first-order chi connectivity index (χ1) is 16.6. The summed E-state index contributed by atoms with van der Waals surface area (Å²) in [5.74, 6) is -2.70. The van der Waals surface area contributed by atoms with Crippen LogP contribution in [0.25, 0.3) is 0 Å². The van der Waals surface area contributed by atoms with E-state index in [1.54, 1.807) is 6.07 Å². The fraction of sp³-hybridized carbons (Fsp3) is 0.304. The van der Waals surface area contributed by atoms with Crippen LogP contribution < -0.4 is 20.9 Å². The van der Waals surface area contributed by atoms with Gasteiger partial charge in [-0.3, -0.25) is 29.8 Å². The van der Waals surface area contributed by atoms with Gasteiger partial charge in [-0.25, -0.2) is 9.69 Å². The molecule has 2 aromatic rings. The Morgan fingerprint density at radius 1 is 1.17 bits per heavy atom.